The molecule has 4 rings (SSSR count). The van der Waals surface area contributed by atoms with Crippen molar-refractivity contribution in [2.45, 2.75) is 6.92 Å². The molecule has 6 nitrogen and oxygen atoms in total. The third kappa shape index (κ3) is 2.53. The molecular weight excluding hydrogens is 312 g/mol. The maximum Gasteiger partial charge on any atom is 0.157 e. The Morgan fingerprint density at radius 3 is 2.36 bits per heavy atom. The van der Waals surface area contributed by atoms with E-state index in [2.05, 4.69) is 15.6 Å². The number of nitrogens with one attached hydrogen (secondary N) is 1. The molecule has 2 aromatic carbocycles. The fraction of sp³-hybridized carbons (Fsp3) is 0.0526. The van der Waals surface area contributed by atoms with Crippen molar-refractivity contribution in [3.8, 4) is 11.3 Å². The summed E-state index contributed by atoms with van der Waals surface area (Å²) in [5.74, 6) is 0.798. The van der Waals surface area contributed by atoms with Crippen LogP contribution in [0.2, 0.25) is 0 Å². The van der Waals surface area contributed by atoms with Crippen molar-refractivity contribution < 1.29 is 0 Å². The summed E-state index contributed by atoms with van der Waals surface area (Å²) in [5, 5.41) is 11.7. The quantitative estimate of drug-likeness (QED) is 0.644. The van der Waals surface area contributed by atoms with Gasteiger partial charge in [-0.2, -0.15) is 0 Å². The van der Waals surface area contributed by atoms with Crippen molar-refractivity contribution in [2.75, 3.05) is 10.7 Å². The van der Waals surface area contributed by atoms with E-state index in [-0.39, 0.29) is 0 Å². The number of para-hydroxylation sites is 1. The van der Waals surface area contributed by atoms with Crippen LogP contribution >= 0.6 is 0 Å². The number of anilines is 2. The average Bonchev–Trinajstić information content (AvgIpc) is 2.64. The van der Waals surface area contributed by atoms with Gasteiger partial charge in [0.25, 0.3) is 0 Å². The topological polar surface area (TPSA) is 93.1 Å². The minimum atomic E-state index is 0.307. The fourth-order valence-corrected chi connectivity index (χ4v) is 2.90. The largest absolute Gasteiger partial charge is 0.383 e. The summed E-state index contributed by atoms with van der Waals surface area (Å²) in [6.07, 6.45) is 1.86. The van der Waals surface area contributed by atoms with Gasteiger partial charge in [-0.3, -0.25) is 5.43 Å². The third-order valence-electron chi connectivity index (χ3n) is 4.21. The maximum absolute atomic E-state index is 6.41. The summed E-state index contributed by atoms with van der Waals surface area (Å²) >= 11 is 0. The SMILES string of the molecule is Cc1ccc(-c2nnc(N)c3c2=CNN(c2ccccc2)C=3N)cc1. The molecule has 124 valence electrons. The number of aryl methyl sites for hydroxylation is 1. The smallest absolute Gasteiger partial charge is 0.157 e. The lowest BCUT2D eigenvalue weighted by molar-refractivity contribution is 0.891. The van der Waals surface area contributed by atoms with Gasteiger partial charge in [0.2, 0.25) is 0 Å². The van der Waals surface area contributed by atoms with E-state index in [4.69, 9.17) is 11.5 Å². The monoisotopic (exact) mass is 330 g/mol. The van der Waals surface area contributed by atoms with Crippen LogP contribution in [0.15, 0.2) is 54.6 Å². The summed E-state index contributed by atoms with van der Waals surface area (Å²) in [6.45, 7) is 2.05. The molecule has 25 heavy (non-hydrogen) atoms. The van der Waals surface area contributed by atoms with E-state index >= 15 is 0 Å². The summed E-state index contributed by atoms with van der Waals surface area (Å²) < 4.78 is 0. The van der Waals surface area contributed by atoms with Crippen molar-refractivity contribution in [1.82, 2.24) is 15.6 Å². The summed E-state index contributed by atoms with van der Waals surface area (Å²) in [4.78, 5) is 0. The van der Waals surface area contributed by atoms with Gasteiger partial charge in [-0.25, -0.2) is 5.01 Å². The van der Waals surface area contributed by atoms with Gasteiger partial charge in [-0.1, -0.05) is 48.0 Å². The Kier molecular flexibility index (Phi) is 3.50. The molecule has 0 saturated carbocycles. The number of hydrazine groups is 1. The molecule has 0 unspecified atom stereocenters. The predicted octanol–water partition coefficient (Wildman–Crippen LogP) is 0.821. The molecule has 0 aliphatic carbocycles. The zero-order valence-electron chi connectivity index (χ0n) is 13.8. The van der Waals surface area contributed by atoms with E-state index in [0.717, 1.165) is 22.2 Å². The minimum absolute atomic E-state index is 0.307. The number of fused-ring (bicyclic) bond motifs is 1. The maximum atomic E-state index is 6.41. The van der Waals surface area contributed by atoms with Crippen molar-refractivity contribution in [3.05, 3.63) is 70.6 Å². The summed E-state index contributed by atoms with van der Waals surface area (Å²) in [6, 6.07) is 17.9. The summed E-state index contributed by atoms with van der Waals surface area (Å²) in [7, 11) is 0. The van der Waals surface area contributed by atoms with Crippen LogP contribution in [-0.2, 0) is 0 Å². The molecule has 0 fully saturated rings. The molecule has 2 heterocycles. The first-order valence-corrected chi connectivity index (χ1v) is 7.95. The molecule has 0 spiro atoms. The highest BCUT2D eigenvalue weighted by atomic mass is 15.5. The molecule has 0 atom stereocenters. The molecule has 3 aromatic rings. The molecule has 1 aliphatic heterocycles. The van der Waals surface area contributed by atoms with Crippen LogP contribution in [0, 0.1) is 6.92 Å². The first-order chi connectivity index (χ1) is 12.1. The van der Waals surface area contributed by atoms with Gasteiger partial charge in [0.05, 0.1) is 10.9 Å². The Labute approximate surface area is 145 Å². The van der Waals surface area contributed by atoms with E-state index in [1.54, 1.807) is 5.01 Å². The van der Waals surface area contributed by atoms with Crippen LogP contribution in [-0.4, -0.2) is 10.2 Å². The van der Waals surface area contributed by atoms with Crippen LogP contribution in [0.5, 0.6) is 0 Å². The molecule has 0 amide bonds. The number of rotatable bonds is 2. The number of nitrogen functional groups attached to an aromatic ring is 1. The highest BCUT2D eigenvalue weighted by Gasteiger charge is 2.18. The molecule has 1 aliphatic rings. The molecule has 6 heteroatoms. The van der Waals surface area contributed by atoms with Crippen LogP contribution in [0.4, 0.5) is 11.5 Å². The fourth-order valence-electron chi connectivity index (χ4n) is 2.90. The Morgan fingerprint density at radius 2 is 1.64 bits per heavy atom. The predicted molar refractivity (Wildman–Crippen MR) is 100.0 cm³/mol. The van der Waals surface area contributed by atoms with Gasteiger partial charge in [-0.15, -0.1) is 10.2 Å². The molecule has 5 N–H and O–H groups in total. The van der Waals surface area contributed by atoms with E-state index in [0.29, 0.717) is 16.9 Å². The van der Waals surface area contributed by atoms with Gasteiger partial charge in [0.15, 0.2) is 5.82 Å². The normalized spacial score (nSPS) is 13.0. The second kappa shape index (κ2) is 5.83. The third-order valence-corrected chi connectivity index (χ3v) is 4.21. The number of aromatic nitrogens is 2. The Morgan fingerprint density at radius 1 is 0.920 bits per heavy atom. The van der Waals surface area contributed by atoms with Crippen LogP contribution < -0.4 is 32.3 Å². The lowest BCUT2D eigenvalue weighted by Crippen LogP contribution is -2.51. The Bertz CT molecular complexity index is 1040. The second-order valence-electron chi connectivity index (χ2n) is 5.92. The molecule has 0 radical (unpaired) electrons. The zero-order chi connectivity index (χ0) is 17.4. The Balaban J connectivity index is 1.94. The zero-order valence-corrected chi connectivity index (χ0v) is 13.8. The van der Waals surface area contributed by atoms with Crippen LogP contribution in [0.1, 0.15) is 5.56 Å². The van der Waals surface area contributed by atoms with E-state index in [1.807, 2.05) is 67.7 Å². The second-order valence-corrected chi connectivity index (χ2v) is 5.92. The van der Waals surface area contributed by atoms with Gasteiger partial charge in [0, 0.05) is 17.0 Å². The van der Waals surface area contributed by atoms with Crippen molar-refractivity contribution >= 4 is 23.5 Å². The Hall–Kier alpha value is -3.54. The van der Waals surface area contributed by atoms with E-state index in [9.17, 15) is 0 Å². The van der Waals surface area contributed by atoms with Crippen LogP contribution in [0.3, 0.4) is 0 Å². The number of nitrogens with two attached hydrogens (primary N) is 2. The van der Waals surface area contributed by atoms with Crippen molar-refractivity contribution in [3.63, 3.8) is 0 Å². The van der Waals surface area contributed by atoms with Gasteiger partial charge in [0.1, 0.15) is 11.5 Å². The highest BCUT2D eigenvalue weighted by molar-refractivity contribution is 5.73. The van der Waals surface area contributed by atoms with E-state index in [1.165, 1.54) is 5.56 Å². The molecule has 1 aromatic heterocycles. The average molecular weight is 330 g/mol. The number of nitrogens with zero attached hydrogens (tertiary/aromatic N) is 3. The minimum Gasteiger partial charge on any atom is -0.383 e. The highest BCUT2D eigenvalue weighted by Crippen LogP contribution is 2.17. The number of benzene rings is 2. The van der Waals surface area contributed by atoms with Crippen molar-refractivity contribution in [1.29, 1.82) is 0 Å². The van der Waals surface area contributed by atoms with Gasteiger partial charge in [-0.05, 0) is 19.1 Å². The van der Waals surface area contributed by atoms with Gasteiger partial charge < -0.3 is 11.5 Å². The molecule has 0 bridgehead atoms. The van der Waals surface area contributed by atoms with Crippen molar-refractivity contribution in [2.24, 2.45) is 5.73 Å². The van der Waals surface area contributed by atoms with Crippen LogP contribution in [0.25, 0.3) is 23.3 Å². The molecule has 0 saturated heterocycles. The number of hydrogen-bond donors (Lipinski definition) is 3. The lowest BCUT2D eigenvalue weighted by atomic mass is 10.1. The summed E-state index contributed by atoms with van der Waals surface area (Å²) in [5.41, 5.74) is 19.5. The molecular formula is C19H18N6. The van der Waals surface area contributed by atoms with E-state index < -0.39 is 0 Å². The lowest BCUT2D eigenvalue weighted by Gasteiger charge is -2.27. The first-order valence-electron chi connectivity index (χ1n) is 7.95. The number of hydrogen-bond acceptors (Lipinski definition) is 6. The standard InChI is InChI=1S/C19H18N6/c1-12-7-9-13(10-8-12)17-15-11-22-25(14-5-3-2-4-6-14)19(21)16(15)18(20)24-23-17/h2-11,22H,21H2,1H3,(H2,20,24). The van der Waals surface area contributed by atoms with Gasteiger partial charge >= 0.3 is 0 Å². The first kappa shape index (κ1) is 15.0.